The van der Waals surface area contributed by atoms with Crippen LogP contribution in [0.4, 0.5) is 30.5 Å². The van der Waals surface area contributed by atoms with Gasteiger partial charge in [-0.25, -0.2) is 4.98 Å². The molecular formula is C13H13F3N4. The molecule has 7 heteroatoms. The fourth-order valence-electron chi connectivity index (χ4n) is 1.58. The van der Waals surface area contributed by atoms with Gasteiger partial charge in [-0.05, 0) is 31.2 Å². The Kier molecular flexibility index (Phi) is 4.07. The lowest BCUT2D eigenvalue weighted by Crippen LogP contribution is -2.05. The number of anilines is 3. The van der Waals surface area contributed by atoms with Gasteiger partial charge in [0.2, 0.25) is 0 Å². The molecule has 20 heavy (non-hydrogen) atoms. The number of hydrogen-bond acceptors (Lipinski definition) is 4. The third kappa shape index (κ3) is 3.59. The molecule has 2 rings (SSSR count). The van der Waals surface area contributed by atoms with Crippen molar-refractivity contribution in [2.75, 3.05) is 17.2 Å². The molecule has 2 N–H and O–H groups in total. The molecule has 2 aromatic rings. The van der Waals surface area contributed by atoms with Gasteiger partial charge in [0.05, 0.1) is 18.0 Å². The van der Waals surface area contributed by atoms with Crippen LogP contribution in [0.5, 0.6) is 0 Å². The van der Waals surface area contributed by atoms with E-state index in [1.54, 1.807) is 6.20 Å². The average Bonchev–Trinajstić information content (AvgIpc) is 2.39. The first kappa shape index (κ1) is 14.1. The molecule has 0 aliphatic heterocycles. The summed E-state index contributed by atoms with van der Waals surface area (Å²) in [6.07, 6.45) is -1.26. The van der Waals surface area contributed by atoms with Gasteiger partial charge in [0.1, 0.15) is 5.82 Å². The third-order valence-corrected chi connectivity index (χ3v) is 2.48. The molecule has 0 aliphatic carbocycles. The Morgan fingerprint density at radius 1 is 1.05 bits per heavy atom. The van der Waals surface area contributed by atoms with E-state index in [0.29, 0.717) is 23.9 Å². The first-order valence-electron chi connectivity index (χ1n) is 5.99. The van der Waals surface area contributed by atoms with Crippen LogP contribution in [0.1, 0.15) is 12.5 Å². The van der Waals surface area contributed by atoms with Crippen molar-refractivity contribution in [2.24, 2.45) is 0 Å². The number of benzene rings is 1. The van der Waals surface area contributed by atoms with Gasteiger partial charge in [0.15, 0.2) is 5.82 Å². The van der Waals surface area contributed by atoms with Crippen LogP contribution in [0.2, 0.25) is 0 Å². The molecule has 0 saturated heterocycles. The Labute approximate surface area is 114 Å². The molecule has 0 fully saturated rings. The third-order valence-electron chi connectivity index (χ3n) is 2.48. The number of rotatable bonds is 4. The molecule has 1 aromatic carbocycles. The predicted molar refractivity (Wildman–Crippen MR) is 70.9 cm³/mol. The zero-order valence-corrected chi connectivity index (χ0v) is 10.7. The van der Waals surface area contributed by atoms with E-state index in [2.05, 4.69) is 20.6 Å². The maximum Gasteiger partial charge on any atom is 0.416 e. The lowest BCUT2D eigenvalue weighted by molar-refractivity contribution is -0.137. The molecule has 0 bridgehead atoms. The number of nitrogens with zero attached hydrogens (tertiary/aromatic N) is 2. The lowest BCUT2D eigenvalue weighted by Gasteiger charge is -2.09. The molecular weight excluding hydrogens is 269 g/mol. The summed E-state index contributed by atoms with van der Waals surface area (Å²) in [5.74, 6) is 1.06. The van der Waals surface area contributed by atoms with Gasteiger partial charge in [-0.1, -0.05) is 0 Å². The average molecular weight is 282 g/mol. The van der Waals surface area contributed by atoms with Crippen molar-refractivity contribution in [1.29, 1.82) is 0 Å². The second-order valence-electron chi connectivity index (χ2n) is 4.02. The first-order chi connectivity index (χ1) is 9.49. The second kappa shape index (κ2) is 5.77. The molecule has 0 spiro atoms. The van der Waals surface area contributed by atoms with Crippen molar-refractivity contribution >= 4 is 17.3 Å². The minimum atomic E-state index is -4.33. The first-order valence-corrected chi connectivity index (χ1v) is 5.99. The summed E-state index contributed by atoms with van der Waals surface area (Å²) in [6.45, 7) is 2.63. The molecule has 0 atom stereocenters. The Bertz CT molecular complexity index is 567. The Morgan fingerprint density at radius 2 is 1.70 bits per heavy atom. The normalized spacial score (nSPS) is 11.2. The largest absolute Gasteiger partial charge is 0.416 e. The van der Waals surface area contributed by atoms with E-state index in [0.717, 1.165) is 12.1 Å². The lowest BCUT2D eigenvalue weighted by atomic mass is 10.2. The van der Waals surface area contributed by atoms with Crippen LogP contribution < -0.4 is 10.6 Å². The second-order valence-corrected chi connectivity index (χ2v) is 4.02. The van der Waals surface area contributed by atoms with Crippen molar-refractivity contribution in [3.63, 3.8) is 0 Å². The number of halogens is 3. The maximum atomic E-state index is 12.4. The van der Waals surface area contributed by atoms with Gasteiger partial charge >= 0.3 is 6.18 Å². The Hall–Kier alpha value is -2.31. The van der Waals surface area contributed by atoms with Crippen LogP contribution in [0.25, 0.3) is 0 Å². The van der Waals surface area contributed by atoms with Crippen LogP contribution in [-0.4, -0.2) is 16.5 Å². The fourth-order valence-corrected chi connectivity index (χ4v) is 1.58. The molecule has 0 saturated carbocycles. The summed E-state index contributed by atoms with van der Waals surface area (Å²) in [7, 11) is 0. The van der Waals surface area contributed by atoms with Crippen LogP contribution in [0, 0.1) is 0 Å². The van der Waals surface area contributed by atoms with Crippen LogP contribution in [0.3, 0.4) is 0 Å². The van der Waals surface area contributed by atoms with Gasteiger partial charge in [-0.2, -0.15) is 13.2 Å². The highest BCUT2D eigenvalue weighted by molar-refractivity contribution is 5.57. The summed E-state index contributed by atoms with van der Waals surface area (Å²) in [6, 6.07) is 4.74. The Balaban J connectivity index is 2.12. The fraction of sp³-hybridized carbons (Fsp3) is 0.231. The number of hydrogen-bond donors (Lipinski definition) is 2. The highest BCUT2D eigenvalue weighted by Gasteiger charge is 2.29. The molecule has 0 aliphatic rings. The van der Waals surface area contributed by atoms with Crippen LogP contribution in [-0.2, 0) is 6.18 Å². The monoisotopic (exact) mass is 282 g/mol. The molecule has 106 valence electrons. The molecule has 1 aromatic heterocycles. The van der Waals surface area contributed by atoms with Crippen molar-refractivity contribution in [1.82, 2.24) is 9.97 Å². The van der Waals surface area contributed by atoms with Crippen LogP contribution >= 0.6 is 0 Å². The highest BCUT2D eigenvalue weighted by atomic mass is 19.4. The quantitative estimate of drug-likeness (QED) is 0.898. The number of aromatic nitrogens is 2. The van der Waals surface area contributed by atoms with E-state index in [-0.39, 0.29) is 0 Å². The Morgan fingerprint density at radius 3 is 2.30 bits per heavy atom. The summed E-state index contributed by atoms with van der Waals surface area (Å²) < 4.78 is 37.3. The molecule has 0 radical (unpaired) electrons. The topological polar surface area (TPSA) is 49.8 Å². The van der Waals surface area contributed by atoms with Gasteiger partial charge in [0.25, 0.3) is 0 Å². The molecule has 0 amide bonds. The molecule has 1 heterocycles. The van der Waals surface area contributed by atoms with E-state index < -0.39 is 11.7 Å². The highest BCUT2D eigenvalue weighted by Crippen LogP contribution is 2.30. The van der Waals surface area contributed by atoms with Crippen molar-refractivity contribution in [3.05, 3.63) is 42.2 Å². The molecule has 0 unspecified atom stereocenters. The van der Waals surface area contributed by atoms with Crippen molar-refractivity contribution in [3.8, 4) is 0 Å². The van der Waals surface area contributed by atoms with Gasteiger partial charge in [-0.15, -0.1) is 0 Å². The number of nitrogens with one attached hydrogen (secondary N) is 2. The zero-order valence-electron chi connectivity index (χ0n) is 10.7. The van der Waals surface area contributed by atoms with Gasteiger partial charge < -0.3 is 10.6 Å². The van der Waals surface area contributed by atoms with E-state index in [1.165, 1.54) is 18.3 Å². The molecule has 4 nitrogen and oxygen atoms in total. The SMILES string of the molecule is CCNc1cncc(Nc2ccc(C(F)(F)F)cc2)n1. The van der Waals surface area contributed by atoms with Crippen LogP contribution in [0.15, 0.2) is 36.7 Å². The van der Waals surface area contributed by atoms with Crippen molar-refractivity contribution in [2.45, 2.75) is 13.1 Å². The van der Waals surface area contributed by atoms with E-state index in [1.807, 2.05) is 6.92 Å². The maximum absolute atomic E-state index is 12.4. The standard InChI is InChI=1S/C13H13F3N4/c1-2-18-11-7-17-8-12(20-11)19-10-5-3-9(4-6-10)13(14,15)16/h3-8H,2H2,1H3,(H2,18,19,20). The van der Waals surface area contributed by atoms with E-state index in [4.69, 9.17) is 0 Å². The minimum absolute atomic E-state index is 0.461. The summed E-state index contributed by atoms with van der Waals surface area (Å²) in [5, 5.41) is 5.90. The summed E-state index contributed by atoms with van der Waals surface area (Å²) in [4.78, 5) is 8.21. The minimum Gasteiger partial charge on any atom is -0.369 e. The van der Waals surface area contributed by atoms with Gasteiger partial charge in [0, 0.05) is 12.2 Å². The van der Waals surface area contributed by atoms with E-state index >= 15 is 0 Å². The van der Waals surface area contributed by atoms with Gasteiger partial charge in [-0.3, -0.25) is 4.98 Å². The predicted octanol–water partition coefficient (Wildman–Crippen LogP) is 3.67. The number of alkyl halides is 3. The van der Waals surface area contributed by atoms with Crippen molar-refractivity contribution < 1.29 is 13.2 Å². The summed E-state index contributed by atoms with van der Waals surface area (Å²) >= 11 is 0. The zero-order chi connectivity index (χ0) is 14.6. The smallest absolute Gasteiger partial charge is 0.369 e. The summed E-state index contributed by atoms with van der Waals surface area (Å²) in [5.41, 5.74) is -0.170. The van der Waals surface area contributed by atoms with E-state index in [9.17, 15) is 13.2 Å².